The SMILES string of the molecule is COc1ccc2ccccc2c1CNCC(C)C#N. The molecule has 0 amide bonds. The van der Waals surface area contributed by atoms with Gasteiger partial charge in [0.15, 0.2) is 0 Å². The number of nitrogens with one attached hydrogen (secondary N) is 1. The topological polar surface area (TPSA) is 45.0 Å². The van der Waals surface area contributed by atoms with Crippen LogP contribution in [-0.2, 0) is 6.54 Å². The normalized spacial score (nSPS) is 12.1. The maximum Gasteiger partial charge on any atom is 0.123 e. The number of ether oxygens (including phenoxy) is 1. The van der Waals surface area contributed by atoms with Crippen molar-refractivity contribution in [3.05, 3.63) is 42.0 Å². The van der Waals surface area contributed by atoms with Gasteiger partial charge < -0.3 is 10.1 Å². The minimum atomic E-state index is 0.0148. The first kappa shape index (κ1) is 13.4. The van der Waals surface area contributed by atoms with Crippen molar-refractivity contribution in [2.75, 3.05) is 13.7 Å². The molecule has 1 unspecified atom stereocenters. The van der Waals surface area contributed by atoms with Crippen LogP contribution in [0.1, 0.15) is 12.5 Å². The smallest absolute Gasteiger partial charge is 0.123 e. The molecule has 0 saturated carbocycles. The number of fused-ring (bicyclic) bond motifs is 1. The monoisotopic (exact) mass is 254 g/mol. The van der Waals surface area contributed by atoms with Gasteiger partial charge in [0.2, 0.25) is 0 Å². The molecule has 1 atom stereocenters. The van der Waals surface area contributed by atoms with Gasteiger partial charge >= 0.3 is 0 Å². The van der Waals surface area contributed by atoms with Gasteiger partial charge in [0, 0.05) is 18.7 Å². The lowest BCUT2D eigenvalue weighted by Crippen LogP contribution is -2.20. The predicted molar refractivity (Wildman–Crippen MR) is 77.0 cm³/mol. The fourth-order valence-corrected chi connectivity index (χ4v) is 2.15. The van der Waals surface area contributed by atoms with Gasteiger partial charge in [-0.2, -0.15) is 5.26 Å². The minimum Gasteiger partial charge on any atom is -0.496 e. The number of hydrogen-bond acceptors (Lipinski definition) is 3. The Kier molecular flexibility index (Phi) is 4.38. The molecule has 0 radical (unpaired) electrons. The lowest BCUT2D eigenvalue weighted by Gasteiger charge is -2.13. The Morgan fingerprint density at radius 3 is 2.79 bits per heavy atom. The van der Waals surface area contributed by atoms with Crippen LogP contribution in [0.4, 0.5) is 0 Å². The second-order valence-corrected chi connectivity index (χ2v) is 4.63. The Hall–Kier alpha value is -2.05. The molecule has 98 valence electrons. The average molecular weight is 254 g/mol. The van der Waals surface area contributed by atoms with Crippen LogP contribution in [-0.4, -0.2) is 13.7 Å². The van der Waals surface area contributed by atoms with Gasteiger partial charge in [0.05, 0.1) is 19.1 Å². The third-order valence-corrected chi connectivity index (χ3v) is 3.19. The molecule has 0 saturated heterocycles. The molecule has 0 spiro atoms. The van der Waals surface area contributed by atoms with Crippen molar-refractivity contribution in [2.45, 2.75) is 13.5 Å². The molecule has 0 aromatic heterocycles. The van der Waals surface area contributed by atoms with Crippen LogP contribution < -0.4 is 10.1 Å². The second-order valence-electron chi connectivity index (χ2n) is 4.63. The van der Waals surface area contributed by atoms with E-state index < -0.39 is 0 Å². The quantitative estimate of drug-likeness (QED) is 0.891. The number of methoxy groups -OCH3 is 1. The molecule has 2 aromatic rings. The average Bonchev–Trinajstić information content (AvgIpc) is 2.47. The van der Waals surface area contributed by atoms with E-state index in [-0.39, 0.29) is 5.92 Å². The zero-order chi connectivity index (χ0) is 13.7. The summed E-state index contributed by atoms with van der Waals surface area (Å²) in [5, 5.41) is 14.5. The molecular formula is C16H18N2O. The van der Waals surface area contributed by atoms with Crippen molar-refractivity contribution in [2.24, 2.45) is 5.92 Å². The van der Waals surface area contributed by atoms with E-state index in [4.69, 9.17) is 10.00 Å². The van der Waals surface area contributed by atoms with Crippen molar-refractivity contribution in [1.82, 2.24) is 5.32 Å². The van der Waals surface area contributed by atoms with Crippen molar-refractivity contribution in [1.29, 1.82) is 5.26 Å². The summed E-state index contributed by atoms with van der Waals surface area (Å²) in [6.45, 7) is 3.30. The summed E-state index contributed by atoms with van der Waals surface area (Å²) in [7, 11) is 1.69. The van der Waals surface area contributed by atoms with E-state index >= 15 is 0 Å². The number of benzene rings is 2. The Labute approximate surface area is 113 Å². The first-order valence-corrected chi connectivity index (χ1v) is 6.41. The highest BCUT2D eigenvalue weighted by molar-refractivity contribution is 5.87. The van der Waals surface area contributed by atoms with Gasteiger partial charge in [0.1, 0.15) is 5.75 Å². The van der Waals surface area contributed by atoms with Gasteiger partial charge in [-0.05, 0) is 23.8 Å². The van der Waals surface area contributed by atoms with Crippen molar-refractivity contribution < 1.29 is 4.74 Å². The summed E-state index contributed by atoms with van der Waals surface area (Å²) >= 11 is 0. The van der Waals surface area contributed by atoms with E-state index in [9.17, 15) is 0 Å². The zero-order valence-electron chi connectivity index (χ0n) is 11.3. The summed E-state index contributed by atoms with van der Waals surface area (Å²) in [6, 6.07) is 14.5. The van der Waals surface area contributed by atoms with Crippen LogP contribution in [0.25, 0.3) is 10.8 Å². The van der Waals surface area contributed by atoms with Crippen LogP contribution in [0.3, 0.4) is 0 Å². The lowest BCUT2D eigenvalue weighted by molar-refractivity contribution is 0.408. The third kappa shape index (κ3) is 3.04. The Bertz CT molecular complexity index is 601. The van der Waals surface area contributed by atoms with E-state index in [1.54, 1.807) is 7.11 Å². The summed E-state index contributed by atoms with van der Waals surface area (Å²) in [6.07, 6.45) is 0. The van der Waals surface area contributed by atoms with Crippen molar-refractivity contribution in [3.8, 4) is 11.8 Å². The molecule has 3 heteroatoms. The maximum atomic E-state index is 8.79. The van der Waals surface area contributed by atoms with E-state index in [1.165, 1.54) is 10.8 Å². The van der Waals surface area contributed by atoms with Gasteiger partial charge in [-0.3, -0.25) is 0 Å². The largest absolute Gasteiger partial charge is 0.496 e. The predicted octanol–water partition coefficient (Wildman–Crippen LogP) is 3.10. The molecule has 0 bridgehead atoms. The number of rotatable bonds is 5. The van der Waals surface area contributed by atoms with Crippen LogP contribution >= 0.6 is 0 Å². The molecule has 3 nitrogen and oxygen atoms in total. The minimum absolute atomic E-state index is 0.0148. The van der Waals surface area contributed by atoms with E-state index in [1.807, 2.05) is 25.1 Å². The zero-order valence-corrected chi connectivity index (χ0v) is 11.3. The van der Waals surface area contributed by atoms with Crippen LogP contribution in [0.15, 0.2) is 36.4 Å². The molecule has 0 fully saturated rings. The fourth-order valence-electron chi connectivity index (χ4n) is 2.15. The van der Waals surface area contributed by atoms with E-state index in [0.29, 0.717) is 13.1 Å². The number of hydrogen-bond donors (Lipinski definition) is 1. The standard InChI is InChI=1S/C16H18N2O/c1-12(9-17)10-18-11-15-14-6-4-3-5-13(14)7-8-16(15)19-2/h3-8,12,18H,10-11H2,1-2H3. The highest BCUT2D eigenvalue weighted by Gasteiger charge is 2.08. The molecule has 0 aliphatic carbocycles. The van der Waals surface area contributed by atoms with Gasteiger partial charge in [0.25, 0.3) is 0 Å². The molecule has 2 rings (SSSR count). The van der Waals surface area contributed by atoms with Gasteiger partial charge in [-0.25, -0.2) is 0 Å². The van der Waals surface area contributed by atoms with Gasteiger partial charge in [-0.1, -0.05) is 30.3 Å². The molecular weight excluding hydrogens is 236 g/mol. The lowest BCUT2D eigenvalue weighted by atomic mass is 10.0. The van der Waals surface area contributed by atoms with Crippen LogP contribution in [0, 0.1) is 17.2 Å². The van der Waals surface area contributed by atoms with Crippen LogP contribution in [0.5, 0.6) is 5.75 Å². The molecule has 0 heterocycles. The Morgan fingerprint density at radius 2 is 2.05 bits per heavy atom. The fraction of sp³-hybridized carbons (Fsp3) is 0.312. The number of nitriles is 1. The summed E-state index contributed by atoms with van der Waals surface area (Å²) in [4.78, 5) is 0. The Morgan fingerprint density at radius 1 is 1.26 bits per heavy atom. The summed E-state index contributed by atoms with van der Waals surface area (Å²) in [5.74, 6) is 0.900. The van der Waals surface area contributed by atoms with Crippen molar-refractivity contribution >= 4 is 10.8 Å². The van der Waals surface area contributed by atoms with Gasteiger partial charge in [-0.15, -0.1) is 0 Å². The molecule has 19 heavy (non-hydrogen) atoms. The molecule has 0 aliphatic heterocycles. The first-order chi connectivity index (χ1) is 9.26. The highest BCUT2D eigenvalue weighted by atomic mass is 16.5. The molecule has 2 aromatic carbocycles. The van der Waals surface area contributed by atoms with Crippen LogP contribution in [0.2, 0.25) is 0 Å². The summed E-state index contributed by atoms with van der Waals surface area (Å²) < 4.78 is 5.43. The first-order valence-electron chi connectivity index (χ1n) is 6.41. The van der Waals surface area contributed by atoms with E-state index in [2.05, 4.69) is 29.6 Å². The maximum absolute atomic E-state index is 8.79. The van der Waals surface area contributed by atoms with E-state index in [0.717, 1.165) is 11.3 Å². The summed E-state index contributed by atoms with van der Waals surface area (Å²) in [5.41, 5.74) is 1.14. The molecule has 0 aliphatic rings. The highest BCUT2D eigenvalue weighted by Crippen LogP contribution is 2.27. The third-order valence-electron chi connectivity index (χ3n) is 3.19. The number of nitrogens with zero attached hydrogens (tertiary/aromatic N) is 1. The Balaban J connectivity index is 2.26. The second kappa shape index (κ2) is 6.21. The van der Waals surface area contributed by atoms with Crippen molar-refractivity contribution in [3.63, 3.8) is 0 Å². The molecule has 1 N–H and O–H groups in total.